The minimum Gasteiger partial charge on any atom is -0.396 e. The first-order chi connectivity index (χ1) is 21.1. The standard InChI is InChI=1S/C36H54N4O3/c1-4-37(25-7-10-28-41)31-13-19-34(20-14-31)40(35-21-15-32(16-22-35)38(5-2)26-8-11-29-42)36-23-17-33(18-24-36)39(6-3)27-9-12-30-43/h13-24,41-43H,4-12,25-30H2,1-3H3. The lowest BCUT2D eigenvalue weighted by atomic mass is 10.1. The topological polar surface area (TPSA) is 73.7 Å². The predicted octanol–water partition coefficient (Wildman–Crippen LogP) is 6.95. The molecule has 0 aromatic heterocycles. The van der Waals surface area contributed by atoms with Gasteiger partial charge in [0.1, 0.15) is 0 Å². The van der Waals surface area contributed by atoms with Gasteiger partial charge in [0.25, 0.3) is 0 Å². The van der Waals surface area contributed by atoms with E-state index in [0.29, 0.717) is 0 Å². The maximum absolute atomic E-state index is 9.21. The van der Waals surface area contributed by atoms with Crippen molar-refractivity contribution in [3.63, 3.8) is 0 Å². The van der Waals surface area contributed by atoms with Crippen LogP contribution in [0, 0.1) is 0 Å². The van der Waals surface area contributed by atoms with Crippen LogP contribution in [0.3, 0.4) is 0 Å². The summed E-state index contributed by atoms with van der Waals surface area (Å²) in [4.78, 5) is 9.39. The van der Waals surface area contributed by atoms with Crippen LogP contribution >= 0.6 is 0 Å². The molecule has 7 nitrogen and oxygen atoms in total. The van der Waals surface area contributed by atoms with E-state index in [9.17, 15) is 15.3 Å². The molecular formula is C36H54N4O3. The second-order valence-electron chi connectivity index (χ2n) is 10.9. The SMILES string of the molecule is CCN(CCCCO)c1ccc(N(c2ccc(N(CC)CCCCO)cc2)c2ccc(N(CC)CCCCO)cc2)cc1. The molecule has 0 atom stereocenters. The number of aliphatic hydroxyl groups excluding tert-OH is 3. The van der Waals surface area contributed by atoms with E-state index in [1.807, 2.05) is 0 Å². The highest BCUT2D eigenvalue weighted by molar-refractivity contribution is 5.79. The Bertz CT molecular complexity index is 992. The summed E-state index contributed by atoms with van der Waals surface area (Å²) in [5, 5.41) is 27.6. The molecule has 3 rings (SSSR count). The fourth-order valence-corrected chi connectivity index (χ4v) is 5.54. The molecule has 0 saturated heterocycles. The van der Waals surface area contributed by atoms with Crippen LogP contribution in [-0.2, 0) is 0 Å². The summed E-state index contributed by atoms with van der Waals surface area (Å²) >= 11 is 0. The Kier molecular flexibility index (Phi) is 15.2. The van der Waals surface area contributed by atoms with E-state index in [1.165, 1.54) is 17.1 Å². The molecule has 0 unspecified atom stereocenters. The molecule has 3 aromatic rings. The van der Waals surface area contributed by atoms with Gasteiger partial charge >= 0.3 is 0 Å². The van der Waals surface area contributed by atoms with Crippen LogP contribution in [0.4, 0.5) is 34.1 Å². The highest BCUT2D eigenvalue weighted by Crippen LogP contribution is 2.37. The number of hydrogen-bond acceptors (Lipinski definition) is 7. The van der Waals surface area contributed by atoms with Gasteiger partial charge in [-0.1, -0.05) is 0 Å². The number of aliphatic hydroxyl groups is 3. The van der Waals surface area contributed by atoms with Crippen molar-refractivity contribution in [1.82, 2.24) is 0 Å². The molecule has 0 aliphatic carbocycles. The fourth-order valence-electron chi connectivity index (χ4n) is 5.54. The molecule has 0 spiro atoms. The highest BCUT2D eigenvalue weighted by Gasteiger charge is 2.15. The number of unbranched alkanes of at least 4 members (excludes halogenated alkanes) is 3. The molecule has 236 valence electrons. The Balaban J connectivity index is 1.92. The largest absolute Gasteiger partial charge is 0.396 e. The fraction of sp³-hybridized carbons (Fsp3) is 0.500. The van der Waals surface area contributed by atoms with E-state index in [-0.39, 0.29) is 19.8 Å². The van der Waals surface area contributed by atoms with Gasteiger partial charge in [0.15, 0.2) is 0 Å². The maximum Gasteiger partial charge on any atom is 0.0463 e. The molecule has 3 N–H and O–H groups in total. The van der Waals surface area contributed by atoms with Crippen LogP contribution in [0.5, 0.6) is 0 Å². The molecule has 43 heavy (non-hydrogen) atoms. The first kappa shape index (κ1) is 34.2. The first-order valence-electron chi connectivity index (χ1n) is 16.3. The van der Waals surface area contributed by atoms with Crippen molar-refractivity contribution in [2.24, 2.45) is 0 Å². The average Bonchev–Trinajstić information content (AvgIpc) is 3.05. The maximum atomic E-state index is 9.21. The minimum absolute atomic E-state index is 0.236. The van der Waals surface area contributed by atoms with Gasteiger partial charge in [-0.15, -0.1) is 0 Å². The normalized spacial score (nSPS) is 11.0. The molecular weight excluding hydrogens is 536 g/mol. The molecule has 0 fully saturated rings. The van der Waals surface area contributed by atoms with Gasteiger partial charge in [0.05, 0.1) is 0 Å². The lowest BCUT2D eigenvalue weighted by Gasteiger charge is -2.29. The number of hydrogen-bond donors (Lipinski definition) is 3. The summed E-state index contributed by atoms with van der Waals surface area (Å²) in [6, 6.07) is 26.4. The number of nitrogens with zero attached hydrogens (tertiary/aromatic N) is 4. The van der Waals surface area contributed by atoms with Crippen LogP contribution in [-0.4, -0.2) is 74.4 Å². The summed E-state index contributed by atoms with van der Waals surface area (Å²) in [6.45, 7) is 12.8. The molecule has 0 radical (unpaired) electrons. The van der Waals surface area contributed by atoms with Crippen molar-refractivity contribution in [1.29, 1.82) is 0 Å². The lowest BCUT2D eigenvalue weighted by molar-refractivity contribution is 0.285. The lowest BCUT2D eigenvalue weighted by Crippen LogP contribution is -2.24. The molecule has 0 aliphatic rings. The monoisotopic (exact) mass is 590 g/mol. The molecule has 0 bridgehead atoms. The van der Waals surface area contributed by atoms with Crippen LogP contribution in [0.15, 0.2) is 72.8 Å². The predicted molar refractivity (Wildman–Crippen MR) is 184 cm³/mol. The number of anilines is 6. The third-order valence-corrected chi connectivity index (χ3v) is 8.07. The minimum atomic E-state index is 0.236. The van der Waals surface area contributed by atoms with E-state index in [0.717, 1.165) is 94.9 Å². The van der Waals surface area contributed by atoms with Crippen molar-refractivity contribution < 1.29 is 15.3 Å². The van der Waals surface area contributed by atoms with Crippen molar-refractivity contribution in [3.8, 4) is 0 Å². The number of rotatable bonds is 21. The summed E-state index contributed by atoms with van der Waals surface area (Å²) < 4.78 is 0. The molecule has 7 heteroatoms. The third kappa shape index (κ3) is 10.2. The third-order valence-electron chi connectivity index (χ3n) is 8.07. The van der Waals surface area contributed by atoms with Crippen molar-refractivity contribution in [3.05, 3.63) is 72.8 Å². The van der Waals surface area contributed by atoms with Crippen molar-refractivity contribution in [2.45, 2.75) is 59.3 Å². The van der Waals surface area contributed by atoms with Gasteiger partial charge < -0.3 is 34.9 Å². The second-order valence-corrected chi connectivity index (χ2v) is 10.9. The van der Waals surface area contributed by atoms with Gasteiger partial charge in [-0.25, -0.2) is 0 Å². The van der Waals surface area contributed by atoms with Gasteiger partial charge in [0, 0.05) is 93.2 Å². The van der Waals surface area contributed by atoms with Crippen LogP contribution < -0.4 is 19.6 Å². The zero-order chi connectivity index (χ0) is 30.9. The molecule has 0 aliphatic heterocycles. The Hall–Kier alpha value is -3.26. The summed E-state index contributed by atoms with van der Waals surface area (Å²) in [5.41, 5.74) is 6.87. The quantitative estimate of drug-likeness (QED) is 0.116. The zero-order valence-corrected chi connectivity index (χ0v) is 26.7. The Morgan fingerprint density at radius 3 is 0.814 bits per heavy atom. The van der Waals surface area contributed by atoms with Crippen LogP contribution in [0.2, 0.25) is 0 Å². The van der Waals surface area contributed by atoms with E-state index >= 15 is 0 Å². The van der Waals surface area contributed by atoms with Gasteiger partial charge in [0.2, 0.25) is 0 Å². The van der Waals surface area contributed by atoms with Crippen LogP contribution in [0.25, 0.3) is 0 Å². The average molecular weight is 591 g/mol. The molecule has 0 saturated carbocycles. The Morgan fingerprint density at radius 2 is 0.605 bits per heavy atom. The van der Waals surface area contributed by atoms with E-state index in [4.69, 9.17) is 0 Å². The molecule has 0 amide bonds. The van der Waals surface area contributed by atoms with Crippen LogP contribution in [0.1, 0.15) is 59.3 Å². The summed E-state index contributed by atoms with van der Waals surface area (Å²) in [7, 11) is 0. The van der Waals surface area contributed by atoms with Gasteiger partial charge in [-0.2, -0.15) is 0 Å². The smallest absolute Gasteiger partial charge is 0.0463 e. The summed E-state index contributed by atoms with van der Waals surface area (Å²) in [6.07, 6.45) is 5.38. The van der Waals surface area contributed by atoms with Crippen molar-refractivity contribution >= 4 is 34.1 Å². The molecule has 3 aromatic carbocycles. The number of benzene rings is 3. The van der Waals surface area contributed by atoms with E-state index < -0.39 is 0 Å². The Labute approximate surface area is 260 Å². The van der Waals surface area contributed by atoms with Gasteiger partial charge in [-0.3, -0.25) is 0 Å². The summed E-state index contributed by atoms with van der Waals surface area (Å²) in [5.74, 6) is 0. The van der Waals surface area contributed by atoms with Gasteiger partial charge in [-0.05, 0) is 132 Å². The van der Waals surface area contributed by atoms with E-state index in [1.54, 1.807) is 0 Å². The zero-order valence-electron chi connectivity index (χ0n) is 26.7. The highest BCUT2D eigenvalue weighted by atomic mass is 16.3. The van der Waals surface area contributed by atoms with E-state index in [2.05, 4.69) is 113 Å². The first-order valence-corrected chi connectivity index (χ1v) is 16.3. The van der Waals surface area contributed by atoms with Crippen molar-refractivity contribution in [2.75, 3.05) is 78.7 Å². The molecule has 0 heterocycles. The Morgan fingerprint density at radius 1 is 0.372 bits per heavy atom. The second kappa shape index (κ2) is 19.1.